The van der Waals surface area contributed by atoms with E-state index in [-0.39, 0.29) is 12.4 Å². The van der Waals surface area contributed by atoms with E-state index in [1.807, 2.05) is 0 Å². The third kappa shape index (κ3) is 2.57. The van der Waals surface area contributed by atoms with Crippen LogP contribution in [0.4, 0.5) is 0 Å². The fourth-order valence-electron chi connectivity index (χ4n) is 0.921. The van der Waals surface area contributed by atoms with Crippen molar-refractivity contribution in [2.75, 3.05) is 13.7 Å². The maximum atomic E-state index is 10.9. The fourth-order valence-corrected chi connectivity index (χ4v) is 0.921. The van der Waals surface area contributed by atoms with Gasteiger partial charge in [0.2, 0.25) is 0 Å². The molecule has 0 saturated heterocycles. The molecule has 76 valence electrons. The number of carbonyl (C=O) groups excluding carboxylic acids is 1. The van der Waals surface area contributed by atoms with Crippen LogP contribution in [-0.4, -0.2) is 30.9 Å². The third-order valence-corrected chi connectivity index (χ3v) is 1.77. The molecule has 1 unspecified atom stereocenters. The summed E-state index contributed by atoms with van der Waals surface area (Å²) in [6.45, 7) is 2.13. The van der Waals surface area contributed by atoms with Crippen molar-refractivity contribution >= 4 is 24.1 Å². The number of oxime groups is 1. The maximum Gasteiger partial charge on any atom is 0.355 e. The van der Waals surface area contributed by atoms with Gasteiger partial charge in [0.15, 0.2) is 11.3 Å². The Hall–Kier alpha value is -0.810. The van der Waals surface area contributed by atoms with E-state index in [4.69, 9.17) is 10.6 Å². The zero-order valence-corrected chi connectivity index (χ0v) is 8.39. The molecule has 0 fully saturated rings. The molecule has 1 heterocycles. The van der Waals surface area contributed by atoms with Crippen molar-refractivity contribution in [3.63, 3.8) is 0 Å². The van der Waals surface area contributed by atoms with Crippen molar-refractivity contribution in [3.05, 3.63) is 0 Å². The molecule has 5 nitrogen and oxygen atoms in total. The molecule has 0 aromatic heterocycles. The summed E-state index contributed by atoms with van der Waals surface area (Å²) in [5.41, 5.74) is 5.18. The minimum Gasteiger partial charge on any atom is -0.464 e. The molecule has 1 aliphatic heterocycles. The topological polar surface area (TPSA) is 73.9 Å². The van der Waals surface area contributed by atoms with Gasteiger partial charge in [0.1, 0.15) is 0 Å². The van der Waals surface area contributed by atoms with Crippen LogP contribution in [0.2, 0.25) is 0 Å². The standard InChI is InChI=1S/C7H12N2O3.ClH/c1-7(4-8)3-5(9-12-7)6(10)11-2;/h3-4,8H2,1-2H3;1H. The lowest BCUT2D eigenvalue weighted by atomic mass is 10.0. The molecule has 0 saturated carbocycles. The number of hydrogen-bond acceptors (Lipinski definition) is 5. The predicted octanol–water partition coefficient (Wildman–Crippen LogP) is 0.0749. The second-order valence-electron chi connectivity index (χ2n) is 2.95. The number of ether oxygens (including phenoxy) is 1. The summed E-state index contributed by atoms with van der Waals surface area (Å²) in [5.74, 6) is -0.452. The first kappa shape index (κ1) is 12.2. The van der Waals surface area contributed by atoms with E-state index in [2.05, 4.69) is 9.89 Å². The average molecular weight is 209 g/mol. The summed E-state index contributed by atoms with van der Waals surface area (Å²) in [6.07, 6.45) is 0.413. The number of nitrogens with two attached hydrogens (primary N) is 1. The number of esters is 1. The van der Waals surface area contributed by atoms with Gasteiger partial charge in [-0.05, 0) is 6.92 Å². The van der Waals surface area contributed by atoms with Crippen LogP contribution in [0, 0.1) is 0 Å². The summed E-state index contributed by atoms with van der Waals surface area (Å²) in [7, 11) is 1.31. The molecule has 0 spiro atoms. The Morgan fingerprint density at radius 3 is 2.85 bits per heavy atom. The molecule has 6 heteroatoms. The summed E-state index contributed by atoms with van der Waals surface area (Å²) in [4.78, 5) is 15.9. The van der Waals surface area contributed by atoms with E-state index in [0.29, 0.717) is 18.7 Å². The van der Waals surface area contributed by atoms with Crippen LogP contribution in [-0.2, 0) is 14.4 Å². The Bertz CT molecular complexity index is 232. The minimum absolute atomic E-state index is 0. The highest BCUT2D eigenvalue weighted by Gasteiger charge is 2.36. The van der Waals surface area contributed by atoms with Crippen molar-refractivity contribution in [2.45, 2.75) is 18.9 Å². The van der Waals surface area contributed by atoms with Gasteiger partial charge >= 0.3 is 5.97 Å². The van der Waals surface area contributed by atoms with Gasteiger partial charge in [-0.1, -0.05) is 5.16 Å². The minimum atomic E-state index is -0.538. The number of halogens is 1. The lowest BCUT2D eigenvalue weighted by Gasteiger charge is -2.17. The Morgan fingerprint density at radius 1 is 1.85 bits per heavy atom. The molecule has 0 aliphatic carbocycles. The smallest absolute Gasteiger partial charge is 0.355 e. The lowest BCUT2D eigenvalue weighted by Crippen LogP contribution is -2.35. The number of methoxy groups -OCH3 is 1. The van der Waals surface area contributed by atoms with Crippen molar-refractivity contribution in [2.24, 2.45) is 10.9 Å². The molecule has 0 amide bonds. The first-order valence-electron chi connectivity index (χ1n) is 3.65. The summed E-state index contributed by atoms with van der Waals surface area (Å²) in [6, 6.07) is 0. The molecule has 0 bridgehead atoms. The zero-order chi connectivity index (χ0) is 9.19. The Labute approximate surface area is 82.7 Å². The normalized spacial score (nSPS) is 25.6. The quantitative estimate of drug-likeness (QED) is 0.652. The molecular formula is C7H13ClN2O3. The van der Waals surface area contributed by atoms with Crippen LogP contribution in [0.5, 0.6) is 0 Å². The number of rotatable bonds is 2. The van der Waals surface area contributed by atoms with Gasteiger partial charge in [-0.15, -0.1) is 12.4 Å². The van der Waals surface area contributed by atoms with Crippen LogP contribution >= 0.6 is 12.4 Å². The monoisotopic (exact) mass is 208 g/mol. The summed E-state index contributed by atoms with van der Waals surface area (Å²) in [5, 5.41) is 3.59. The van der Waals surface area contributed by atoms with E-state index in [1.54, 1.807) is 6.92 Å². The van der Waals surface area contributed by atoms with Crippen LogP contribution in [0.3, 0.4) is 0 Å². The first-order chi connectivity index (χ1) is 5.61. The molecule has 1 aliphatic rings. The van der Waals surface area contributed by atoms with Crippen LogP contribution < -0.4 is 5.73 Å². The second-order valence-corrected chi connectivity index (χ2v) is 2.95. The van der Waals surface area contributed by atoms with Gasteiger partial charge in [-0.3, -0.25) is 0 Å². The highest BCUT2D eigenvalue weighted by atomic mass is 35.5. The molecule has 1 rings (SSSR count). The summed E-state index contributed by atoms with van der Waals surface area (Å²) >= 11 is 0. The molecule has 13 heavy (non-hydrogen) atoms. The van der Waals surface area contributed by atoms with Crippen LogP contribution in [0.1, 0.15) is 13.3 Å². The largest absolute Gasteiger partial charge is 0.464 e. The Kier molecular flexibility index (Phi) is 4.16. The maximum absolute atomic E-state index is 10.9. The fraction of sp³-hybridized carbons (Fsp3) is 0.714. The van der Waals surface area contributed by atoms with Gasteiger partial charge in [-0.2, -0.15) is 0 Å². The molecule has 1 atom stereocenters. The van der Waals surface area contributed by atoms with Crippen molar-refractivity contribution < 1.29 is 14.4 Å². The predicted molar refractivity (Wildman–Crippen MR) is 49.9 cm³/mol. The SMILES string of the molecule is COC(=O)C1=NOC(C)(CN)C1.Cl. The molecule has 0 aromatic carbocycles. The number of carbonyl (C=O) groups is 1. The van der Waals surface area contributed by atoms with Crippen molar-refractivity contribution in [1.82, 2.24) is 0 Å². The van der Waals surface area contributed by atoms with E-state index >= 15 is 0 Å². The number of hydrogen-bond donors (Lipinski definition) is 1. The number of nitrogens with zero attached hydrogens (tertiary/aromatic N) is 1. The Morgan fingerprint density at radius 2 is 2.46 bits per heavy atom. The van der Waals surface area contributed by atoms with Gasteiger partial charge in [-0.25, -0.2) is 4.79 Å². The van der Waals surface area contributed by atoms with E-state index < -0.39 is 11.6 Å². The second kappa shape index (κ2) is 4.43. The molecule has 0 radical (unpaired) electrons. The van der Waals surface area contributed by atoms with Crippen molar-refractivity contribution in [1.29, 1.82) is 0 Å². The lowest BCUT2D eigenvalue weighted by molar-refractivity contribution is -0.132. The average Bonchev–Trinajstić information content (AvgIpc) is 2.48. The molecule has 0 aromatic rings. The van der Waals surface area contributed by atoms with E-state index in [9.17, 15) is 4.79 Å². The van der Waals surface area contributed by atoms with Gasteiger partial charge in [0.05, 0.1) is 7.11 Å². The van der Waals surface area contributed by atoms with Gasteiger partial charge in [0, 0.05) is 13.0 Å². The molecule has 2 N–H and O–H groups in total. The highest BCUT2D eigenvalue weighted by molar-refractivity contribution is 6.36. The Balaban J connectivity index is 0.00000144. The van der Waals surface area contributed by atoms with Gasteiger partial charge < -0.3 is 15.3 Å². The van der Waals surface area contributed by atoms with E-state index in [1.165, 1.54) is 7.11 Å². The first-order valence-corrected chi connectivity index (χ1v) is 3.65. The third-order valence-electron chi connectivity index (χ3n) is 1.77. The molecular weight excluding hydrogens is 196 g/mol. The van der Waals surface area contributed by atoms with Crippen LogP contribution in [0.25, 0.3) is 0 Å². The zero-order valence-electron chi connectivity index (χ0n) is 7.57. The highest BCUT2D eigenvalue weighted by Crippen LogP contribution is 2.22. The summed E-state index contributed by atoms with van der Waals surface area (Å²) < 4.78 is 4.48. The van der Waals surface area contributed by atoms with E-state index in [0.717, 1.165) is 0 Å². The van der Waals surface area contributed by atoms with Crippen molar-refractivity contribution in [3.8, 4) is 0 Å². The van der Waals surface area contributed by atoms with Crippen LogP contribution in [0.15, 0.2) is 5.16 Å². The van der Waals surface area contributed by atoms with Gasteiger partial charge in [0.25, 0.3) is 0 Å².